The topological polar surface area (TPSA) is 38.6 Å². The first-order valence-corrected chi connectivity index (χ1v) is 8.46. The van der Waals surface area contributed by atoms with Gasteiger partial charge in [0.05, 0.1) is 7.11 Å². The molecule has 25 heavy (non-hydrogen) atoms. The minimum atomic E-state index is -0.0628. The number of anilines is 1. The Labute approximate surface area is 149 Å². The van der Waals surface area contributed by atoms with Crippen LogP contribution < -0.4 is 10.1 Å². The molecule has 0 unspecified atom stereocenters. The van der Waals surface area contributed by atoms with Crippen LogP contribution in [0.25, 0.3) is 17.8 Å². The molecule has 4 nitrogen and oxygen atoms in total. The Balaban J connectivity index is 2.10. The van der Waals surface area contributed by atoms with Crippen LogP contribution in [0, 0.1) is 6.92 Å². The number of nitrogens with one attached hydrogen (secondary N) is 1. The molecule has 0 saturated heterocycles. The number of ether oxygens (including phenoxy) is 1. The van der Waals surface area contributed by atoms with Crippen molar-refractivity contribution in [1.82, 2.24) is 9.38 Å². The summed E-state index contributed by atoms with van der Waals surface area (Å²) in [5.41, 5.74) is 3.99. The molecular weight excluding hydrogens is 310 g/mol. The smallest absolute Gasteiger partial charge is 0.142 e. The quantitative estimate of drug-likeness (QED) is 0.726. The van der Waals surface area contributed by atoms with Crippen LogP contribution in [0.4, 0.5) is 5.82 Å². The van der Waals surface area contributed by atoms with Crippen LogP contribution in [0.1, 0.15) is 37.6 Å². The lowest BCUT2D eigenvalue weighted by Gasteiger charge is -2.22. The molecule has 0 saturated carbocycles. The highest BCUT2D eigenvalue weighted by Gasteiger charge is 2.17. The van der Waals surface area contributed by atoms with Crippen LogP contribution in [-0.4, -0.2) is 22.0 Å². The molecule has 1 N–H and O–H groups in total. The van der Waals surface area contributed by atoms with E-state index in [0.717, 1.165) is 34.0 Å². The molecule has 3 rings (SSSR count). The second-order valence-electron chi connectivity index (χ2n) is 7.18. The molecule has 130 valence electrons. The maximum Gasteiger partial charge on any atom is 0.142 e. The van der Waals surface area contributed by atoms with Crippen molar-refractivity contribution in [2.45, 2.75) is 33.2 Å². The van der Waals surface area contributed by atoms with Gasteiger partial charge in [-0.2, -0.15) is 0 Å². The van der Waals surface area contributed by atoms with E-state index in [-0.39, 0.29) is 5.54 Å². The van der Waals surface area contributed by atoms with Gasteiger partial charge in [0.15, 0.2) is 0 Å². The van der Waals surface area contributed by atoms with Gasteiger partial charge in [-0.25, -0.2) is 4.98 Å². The minimum absolute atomic E-state index is 0.0628. The average molecular weight is 335 g/mol. The van der Waals surface area contributed by atoms with Gasteiger partial charge in [-0.1, -0.05) is 24.3 Å². The number of hydrogen-bond acceptors (Lipinski definition) is 3. The number of para-hydroxylation sites is 1. The maximum atomic E-state index is 5.43. The van der Waals surface area contributed by atoms with E-state index in [2.05, 4.69) is 43.5 Å². The van der Waals surface area contributed by atoms with E-state index in [1.807, 2.05) is 48.7 Å². The number of nitrogens with zero attached hydrogens (tertiary/aromatic N) is 2. The summed E-state index contributed by atoms with van der Waals surface area (Å²) in [6, 6.07) is 12.1. The highest BCUT2D eigenvalue weighted by molar-refractivity contribution is 5.78. The van der Waals surface area contributed by atoms with Crippen molar-refractivity contribution >= 4 is 23.6 Å². The highest BCUT2D eigenvalue weighted by atomic mass is 16.5. The fourth-order valence-corrected chi connectivity index (χ4v) is 2.79. The molecule has 1 aromatic carbocycles. The van der Waals surface area contributed by atoms with E-state index < -0.39 is 0 Å². The maximum absolute atomic E-state index is 5.43. The van der Waals surface area contributed by atoms with Crippen LogP contribution in [0.3, 0.4) is 0 Å². The van der Waals surface area contributed by atoms with Crippen molar-refractivity contribution in [3.8, 4) is 5.75 Å². The molecule has 0 spiro atoms. The summed E-state index contributed by atoms with van der Waals surface area (Å²) in [6.07, 6.45) is 6.13. The number of imidazole rings is 1. The number of pyridine rings is 1. The van der Waals surface area contributed by atoms with Gasteiger partial charge in [0.25, 0.3) is 0 Å². The number of aryl methyl sites for hydroxylation is 1. The Morgan fingerprint density at radius 1 is 1.08 bits per heavy atom. The summed E-state index contributed by atoms with van der Waals surface area (Å²) in [5.74, 6) is 1.85. The molecule has 2 heterocycles. The Bertz CT molecular complexity index is 917. The molecule has 0 amide bonds. The van der Waals surface area contributed by atoms with Crippen LogP contribution in [0.2, 0.25) is 0 Å². The Morgan fingerprint density at radius 3 is 2.56 bits per heavy atom. The lowest BCUT2D eigenvalue weighted by molar-refractivity contribution is 0.414. The van der Waals surface area contributed by atoms with Crippen LogP contribution >= 0.6 is 0 Å². The fourth-order valence-electron chi connectivity index (χ4n) is 2.79. The van der Waals surface area contributed by atoms with Gasteiger partial charge in [-0.15, -0.1) is 0 Å². The zero-order valence-electron chi connectivity index (χ0n) is 15.5. The number of rotatable bonds is 4. The first-order valence-electron chi connectivity index (χ1n) is 8.46. The van der Waals surface area contributed by atoms with E-state index >= 15 is 0 Å². The molecule has 3 aromatic rings. The molecule has 0 aliphatic rings. The summed E-state index contributed by atoms with van der Waals surface area (Å²) in [6.45, 7) is 8.53. The van der Waals surface area contributed by atoms with E-state index in [4.69, 9.17) is 9.72 Å². The van der Waals surface area contributed by atoms with Gasteiger partial charge < -0.3 is 10.1 Å². The van der Waals surface area contributed by atoms with Crippen molar-refractivity contribution in [3.05, 3.63) is 59.4 Å². The normalized spacial score (nSPS) is 12.0. The summed E-state index contributed by atoms with van der Waals surface area (Å²) < 4.78 is 7.54. The molecule has 4 heteroatoms. The third-order valence-corrected chi connectivity index (χ3v) is 3.93. The summed E-state index contributed by atoms with van der Waals surface area (Å²) in [4.78, 5) is 4.84. The second kappa shape index (κ2) is 6.63. The Kier molecular flexibility index (Phi) is 4.53. The van der Waals surface area contributed by atoms with Gasteiger partial charge in [0.1, 0.15) is 22.9 Å². The van der Waals surface area contributed by atoms with Crippen LogP contribution in [0.5, 0.6) is 5.75 Å². The largest absolute Gasteiger partial charge is 0.496 e. The Morgan fingerprint density at radius 2 is 1.84 bits per heavy atom. The molecular formula is C21H25N3O. The first-order chi connectivity index (χ1) is 11.9. The van der Waals surface area contributed by atoms with Gasteiger partial charge in [0, 0.05) is 17.3 Å². The van der Waals surface area contributed by atoms with E-state index in [1.165, 1.54) is 0 Å². The number of methoxy groups -OCH3 is 1. The molecule has 0 atom stereocenters. The average Bonchev–Trinajstić information content (AvgIpc) is 2.91. The number of benzene rings is 1. The third kappa shape index (κ3) is 3.68. The molecule has 0 bridgehead atoms. The SMILES string of the molecule is COc1ccccc1/C=C/c1nc2c(C)cccn2c1NC(C)(C)C. The van der Waals surface area contributed by atoms with Gasteiger partial charge in [0.2, 0.25) is 0 Å². The number of fused-ring (bicyclic) bond motifs is 1. The highest BCUT2D eigenvalue weighted by Crippen LogP contribution is 2.26. The van der Waals surface area contributed by atoms with Crippen molar-refractivity contribution in [1.29, 1.82) is 0 Å². The van der Waals surface area contributed by atoms with E-state index in [0.29, 0.717) is 0 Å². The molecule has 0 radical (unpaired) electrons. The van der Waals surface area contributed by atoms with Gasteiger partial charge >= 0.3 is 0 Å². The first kappa shape index (κ1) is 17.1. The molecule has 0 aliphatic carbocycles. The summed E-state index contributed by atoms with van der Waals surface area (Å²) in [5, 5.41) is 3.58. The Hall–Kier alpha value is -2.75. The lowest BCUT2D eigenvalue weighted by atomic mass is 10.1. The third-order valence-electron chi connectivity index (χ3n) is 3.93. The second-order valence-corrected chi connectivity index (χ2v) is 7.18. The van der Waals surface area contributed by atoms with Crippen LogP contribution in [-0.2, 0) is 0 Å². The number of hydrogen-bond donors (Lipinski definition) is 1. The summed E-state index contributed by atoms with van der Waals surface area (Å²) >= 11 is 0. The lowest BCUT2D eigenvalue weighted by Crippen LogP contribution is -2.27. The van der Waals surface area contributed by atoms with Crippen molar-refractivity contribution < 1.29 is 4.74 Å². The molecule has 0 fully saturated rings. The monoisotopic (exact) mass is 335 g/mol. The molecule has 2 aromatic heterocycles. The summed E-state index contributed by atoms with van der Waals surface area (Å²) in [7, 11) is 1.69. The van der Waals surface area contributed by atoms with E-state index in [1.54, 1.807) is 7.11 Å². The zero-order valence-corrected chi connectivity index (χ0v) is 15.5. The van der Waals surface area contributed by atoms with Gasteiger partial charge in [-0.05, 0) is 57.5 Å². The van der Waals surface area contributed by atoms with Gasteiger partial charge in [-0.3, -0.25) is 4.40 Å². The standard InChI is InChI=1S/C21H25N3O/c1-15-9-8-14-24-19(15)22-17(20(24)23-21(2,3)4)13-12-16-10-6-7-11-18(16)25-5/h6-14,23H,1-5H3/b13-12+. The zero-order chi connectivity index (χ0) is 18.0. The van der Waals surface area contributed by atoms with Crippen molar-refractivity contribution in [2.24, 2.45) is 0 Å². The predicted molar refractivity (Wildman–Crippen MR) is 105 cm³/mol. The number of aromatic nitrogens is 2. The van der Waals surface area contributed by atoms with Crippen molar-refractivity contribution in [3.63, 3.8) is 0 Å². The minimum Gasteiger partial charge on any atom is -0.496 e. The predicted octanol–water partition coefficient (Wildman–Crippen LogP) is 5.03. The fraction of sp³-hybridized carbons (Fsp3) is 0.286. The van der Waals surface area contributed by atoms with E-state index in [9.17, 15) is 0 Å². The molecule has 0 aliphatic heterocycles. The van der Waals surface area contributed by atoms with Crippen LogP contribution in [0.15, 0.2) is 42.6 Å². The van der Waals surface area contributed by atoms with Crippen molar-refractivity contribution in [2.75, 3.05) is 12.4 Å².